The van der Waals surface area contributed by atoms with Crippen LogP contribution in [0.2, 0.25) is 0 Å². The van der Waals surface area contributed by atoms with Gasteiger partial charge >= 0.3 is 5.97 Å². The second-order valence-electron chi connectivity index (χ2n) is 14.8. The van der Waals surface area contributed by atoms with Gasteiger partial charge in [-0.3, -0.25) is 43.2 Å². The molecule has 1 aromatic rings. The molecule has 58 heavy (non-hydrogen) atoms. The molecule has 0 saturated carbocycles. The molecule has 7 unspecified atom stereocenters. The van der Waals surface area contributed by atoms with Crippen LogP contribution in [0.5, 0.6) is 0 Å². The van der Waals surface area contributed by atoms with Crippen molar-refractivity contribution in [2.75, 3.05) is 18.8 Å². The summed E-state index contributed by atoms with van der Waals surface area (Å²) in [6, 6.07) is 1.88. The number of nitrogens with two attached hydrogens (primary N) is 3. The lowest BCUT2D eigenvalue weighted by molar-refractivity contribution is -0.142. The molecular weight excluding hydrogens is 775 g/mol. The summed E-state index contributed by atoms with van der Waals surface area (Å²) in [4.78, 5) is 117. The highest BCUT2D eigenvalue weighted by Gasteiger charge is 2.40. The number of benzene rings is 1. The molecule has 1 heterocycles. The number of hydrogen-bond acceptors (Lipinski definition) is 11. The molecule has 8 amide bonds. The number of primary amides is 2. The van der Waals surface area contributed by atoms with Crippen molar-refractivity contribution in [1.82, 2.24) is 31.5 Å². The summed E-state index contributed by atoms with van der Waals surface area (Å²) < 4.78 is 0. The Kier molecular flexibility index (Phi) is 20.7. The zero-order chi connectivity index (χ0) is 43.5. The quantitative estimate of drug-likeness (QED) is 0.0550. The number of carboxylic acids is 1. The number of amides is 8. The summed E-state index contributed by atoms with van der Waals surface area (Å²) in [6.45, 7) is 6.71. The predicted octanol–water partition coefficient (Wildman–Crippen LogP) is -1.39. The lowest BCUT2D eigenvalue weighted by Crippen LogP contribution is -2.60. The van der Waals surface area contributed by atoms with Gasteiger partial charge in [-0.2, -0.15) is 11.8 Å². The lowest BCUT2D eigenvalue weighted by atomic mass is 9.98. The van der Waals surface area contributed by atoms with E-state index in [2.05, 4.69) is 26.6 Å². The van der Waals surface area contributed by atoms with Crippen LogP contribution >= 0.6 is 11.8 Å². The maximum absolute atomic E-state index is 14.3. The van der Waals surface area contributed by atoms with Gasteiger partial charge in [0, 0.05) is 24.5 Å². The third kappa shape index (κ3) is 16.7. The SMILES string of the molecule is CCC(C)C(N)C(=O)NC(CCC(N)=O)C(=O)NC(CC(N)=O)C(=O)NC(CSCc1ccccc1)C(=O)N1CCCC1C(=O)NC(CC(C)C)C(=O)NCC(=O)O. The number of nitrogens with zero attached hydrogens (tertiary/aromatic N) is 1. The molecule has 20 heteroatoms. The molecule has 0 spiro atoms. The highest BCUT2D eigenvalue weighted by molar-refractivity contribution is 7.98. The number of carbonyl (C=O) groups is 9. The number of likely N-dealkylation sites (tertiary alicyclic amines) is 1. The standard InChI is InChI=1S/C38H59N9O10S/c1-5-22(4)32(41)37(56)43-24(13-14-29(39)48)34(53)44-26(17-30(40)49)35(54)46-27(20-58-19-23-10-7-6-8-11-23)38(57)47-15-9-12-28(47)36(55)45-25(16-21(2)3)33(52)42-18-31(50)51/h6-8,10-11,21-22,24-28,32H,5,9,12-20,41H2,1-4H3,(H2,39,48)(H2,40,49)(H,42,52)(H,43,56)(H,44,53)(H,45,55)(H,46,54)(H,50,51). The second kappa shape index (κ2) is 24.5. The largest absolute Gasteiger partial charge is 0.480 e. The highest BCUT2D eigenvalue weighted by atomic mass is 32.2. The van der Waals surface area contributed by atoms with Crippen LogP contribution in [0, 0.1) is 11.8 Å². The second-order valence-corrected chi connectivity index (χ2v) is 15.8. The summed E-state index contributed by atoms with van der Waals surface area (Å²) in [5.74, 6) is -7.43. The molecule has 12 N–H and O–H groups in total. The van der Waals surface area contributed by atoms with Gasteiger partial charge < -0.3 is 53.8 Å². The predicted molar refractivity (Wildman–Crippen MR) is 215 cm³/mol. The van der Waals surface area contributed by atoms with E-state index in [0.29, 0.717) is 18.6 Å². The molecule has 0 bridgehead atoms. The van der Waals surface area contributed by atoms with Crippen molar-refractivity contribution in [1.29, 1.82) is 0 Å². The highest BCUT2D eigenvalue weighted by Crippen LogP contribution is 2.22. The fourth-order valence-electron chi connectivity index (χ4n) is 6.09. The lowest BCUT2D eigenvalue weighted by Gasteiger charge is -2.31. The molecule has 1 aromatic carbocycles. The molecule has 19 nitrogen and oxygen atoms in total. The van der Waals surface area contributed by atoms with Crippen LogP contribution in [0.25, 0.3) is 0 Å². The number of aliphatic carboxylic acids is 1. The number of nitrogens with one attached hydrogen (secondary N) is 5. The van der Waals surface area contributed by atoms with Gasteiger partial charge in [0.1, 0.15) is 36.8 Å². The van der Waals surface area contributed by atoms with Crippen LogP contribution < -0.4 is 43.8 Å². The molecule has 1 saturated heterocycles. The number of thioether (sulfide) groups is 1. The summed E-state index contributed by atoms with van der Waals surface area (Å²) in [5.41, 5.74) is 17.7. The molecule has 0 aliphatic carbocycles. The fourth-order valence-corrected chi connectivity index (χ4v) is 7.10. The van der Waals surface area contributed by atoms with Crippen LogP contribution in [-0.4, -0.2) is 118 Å². The van der Waals surface area contributed by atoms with Crippen LogP contribution in [0.1, 0.15) is 78.2 Å². The Morgan fingerprint density at radius 1 is 0.828 bits per heavy atom. The normalized spacial score (nSPS) is 16.8. The number of carbonyl (C=O) groups excluding carboxylic acids is 8. The summed E-state index contributed by atoms with van der Waals surface area (Å²) in [5, 5.41) is 21.5. The van der Waals surface area contributed by atoms with Gasteiger partial charge in [0.25, 0.3) is 0 Å². The number of carboxylic acid groups (broad SMARTS) is 1. The summed E-state index contributed by atoms with van der Waals surface area (Å²) in [7, 11) is 0. The maximum Gasteiger partial charge on any atom is 0.322 e. The Morgan fingerprint density at radius 2 is 1.45 bits per heavy atom. The van der Waals surface area contributed by atoms with Gasteiger partial charge in [-0.15, -0.1) is 0 Å². The van der Waals surface area contributed by atoms with Crippen LogP contribution in [-0.2, 0) is 48.9 Å². The van der Waals surface area contributed by atoms with Gasteiger partial charge in [0.2, 0.25) is 47.3 Å². The zero-order valence-electron chi connectivity index (χ0n) is 33.5. The monoisotopic (exact) mass is 833 g/mol. The minimum absolute atomic E-state index is 0.0000907. The Bertz CT molecular complexity index is 1620. The van der Waals surface area contributed by atoms with E-state index < -0.39 is 102 Å². The third-order valence-electron chi connectivity index (χ3n) is 9.51. The van der Waals surface area contributed by atoms with E-state index in [-0.39, 0.29) is 49.8 Å². The molecule has 322 valence electrons. The summed E-state index contributed by atoms with van der Waals surface area (Å²) >= 11 is 1.30. The topological polar surface area (TPSA) is 315 Å². The van der Waals surface area contributed by atoms with Crippen molar-refractivity contribution in [3.63, 3.8) is 0 Å². The Morgan fingerprint density at radius 3 is 2.03 bits per heavy atom. The minimum atomic E-state index is -1.63. The van der Waals surface area contributed by atoms with E-state index in [9.17, 15) is 43.2 Å². The van der Waals surface area contributed by atoms with Crippen molar-refractivity contribution < 1.29 is 48.3 Å². The van der Waals surface area contributed by atoms with Crippen LogP contribution in [0.4, 0.5) is 0 Å². The van der Waals surface area contributed by atoms with Crippen LogP contribution in [0.15, 0.2) is 30.3 Å². The molecular formula is C38H59N9O10S. The molecule has 7 atom stereocenters. The molecule has 0 radical (unpaired) electrons. The van der Waals surface area contributed by atoms with Gasteiger partial charge in [-0.1, -0.05) is 64.4 Å². The van der Waals surface area contributed by atoms with E-state index in [4.69, 9.17) is 22.3 Å². The first-order valence-electron chi connectivity index (χ1n) is 19.3. The van der Waals surface area contributed by atoms with E-state index in [1.54, 1.807) is 6.92 Å². The minimum Gasteiger partial charge on any atom is -0.480 e. The zero-order valence-corrected chi connectivity index (χ0v) is 34.3. The molecule has 2 rings (SSSR count). The van der Waals surface area contributed by atoms with Gasteiger partial charge in [0.05, 0.1) is 12.5 Å². The number of rotatable bonds is 25. The average Bonchev–Trinajstić information content (AvgIpc) is 3.67. The van der Waals surface area contributed by atoms with Crippen molar-refractivity contribution in [2.24, 2.45) is 29.0 Å². The van der Waals surface area contributed by atoms with Crippen molar-refractivity contribution in [3.8, 4) is 0 Å². The van der Waals surface area contributed by atoms with E-state index in [0.717, 1.165) is 5.56 Å². The van der Waals surface area contributed by atoms with Crippen molar-refractivity contribution >= 4 is 65.0 Å². The molecule has 0 aromatic heterocycles. The Labute approximate surface area is 342 Å². The Hall–Kier alpha value is -5.24. The molecule has 1 aliphatic rings. The summed E-state index contributed by atoms with van der Waals surface area (Å²) in [6.07, 6.45) is 0.145. The molecule has 1 fully saturated rings. The van der Waals surface area contributed by atoms with Crippen molar-refractivity contribution in [3.05, 3.63) is 35.9 Å². The molecule has 1 aliphatic heterocycles. The van der Waals surface area contributed by atoms with Crippen molar-refractivity contribution in [2.45, 2.75) is 115 Å². The number of hydrogen-bond donors (Lipinski definition) is 9. The van der Waals surface area contributed by atoms with Crippen LogP contribution in [0.3, 0.4) is 0 Å². The first kappa shape index (κ1) is 48.9. The maximum atomic E-state index is 14.3. The van der Waals surface area contributed by atoms with E-state index in [1.807, 2.05) is 51.1 Å². The third-order valence-corrected chi connectivity index (χ3v) is 10.6. The first-order valence-corrected chi connectivity index (χ1v) is 20.4. The van der Waals surface area contributed by atoms with Gasteiger partial charge in [0.15, 0.2) is 0 Å². The first-order chi connectivity index (χ1) is 27.3. The smallest absolute Gasteiger partial charge is 0.322 e. The van der Waals surface area contributed by atoms with Gasteiger partial charge in [-0.05, 0) is 43.1 Å². The van der Waals surface area contributed by atoms with E-state index in [1.165, 1.54) is 16.7 Å². The van der Waals surface area contributed by atoms with E-state index >= 15 is 0 Å². The van der Waals surface area contributed by atoms with Gasteiger partial charge in [-0.25, -0.2) is 0 Å². The average molecular weight is 834 g/mol. The fraction of sp³-hybridized carbons (Fsp3) is 0.605. The Balaban J connectivity index is 2.37.